The molecule has 1 aliphatic rings. The standard InChI is InChI=1S/C24H30O7S/c1-23(2)10-11-24(3,4)19-12-15(6-9-18(19)23)21(31-32(5,28)29)14-30-16-7-8-17(22(26)27)20(25)13-16/h6-9,12-13,21,25H,10-11,14H2,1-5H3,(H,26,27). The fourth-order valence-corrected chi connectivity index (χ4v) is 4.74. The molecule has 0 amide bonds. The molecule has 0 aromatic heterocycles. The van der Waals surface area contributed by atoms with Gasteiger partial charge in [0.2, 0.25) is 0 Å². The average Bonchev–Trinajstić information content (AvgIpc) is 2.67. The number of carboxylic acid groups (broad SMARTS) is 1. The van der Waals surface area contributed by atoms with Gasteiger partial charge in [0, 0.05) is 6.07 Å². The number of ether oxygens (including phenoxy) is 1. The van der Waals surface area contributed by atoms with Crippen molar-refractivity contribution in [3.8, 4) is 11.5 Å². The van der Waals surface area contributed by atoms with E-state index < -0.39 is 27.9 Å². The lowest BCUT2D eigenvalue weighted by molar-refractivity contribution is 0.0693. The highest BCUT2D eigenvalue weighted by atomic mass is 32.2. The summed E-state index contributed by atoms with van der Waals surface area (Å²) in [5.41, 5.74) is 2.79. The molecule has 0 radical (unpaired) electrons. The number of carbonyl (C=O) groups is 1. The Hall–Kier alpha value is -2.58. The van der Waals surface area contributed by atoms with Gasteiger partial charge in [0.05, 0.1) is 6.26 Å². The van der Waals surface area contributed by atoms with E-state index >= 15 is 0 Å². The summed E-state index contributed by atoms with van der Waals surface area (Å²) in [6.45, 7) is 8.64. The molecule has 0 aliphatic heterocycles. The third kappa shape index (κ3) is 5.24. The summed E-state index contributed by atoms with van der Waals surface area (Å²) >= 11 is 0. The minimum Gasteiger partial charge on any atom is -0.507 e. The highest BCUT2D eigenvalue weighted by molar-refractivity contribution is 7.86. The van der Waals surface area contributed by atoms with Crippen LogP contribution in [0.25, 0.3) is 0 Å². The van der Waals surface area contributed by atoms with Crippen molar-refractivity contribution in [2.75, 3.05) is 12.9 Å². The largest absolute Gasteiger partial charge is 0.507 e. The molecule has 0 heterocycles. The van der Waals surface area contributed by atoms with Gasteiger partial charge in [0.15, 0.2) is 0 Å². The zero-order chi connectivity index (χ0) is 23.9. The maximum Gasteiger partial charge on any atom is 0.339 e. The Morgan fingerprint density at radius 2 is 1.66 bits per heavy atom. The highest BCUT2D eigenvalue weighted by Crippen LogP contribution is 2.46. The third-order valence-corrected chi connectivity index (χ3v) is 6.72. The molecule has 0 fully saturated rings. The lowest BCUT2D eigenvalue weighted by Gasteiger charge is -2.42. The highest BCUT2D eigenvalue weighted by Gasteiger charge is 2.37. The zero-order valence-corrected chi connectivity index (χ0v) is 19.8. The molecule has 1 aliphatic carbocycles. The van der Waals surface area contributed by atoms with Crippen LogP contribution in [0.1, 0.15) is 73.7 Å². The van der Waals surface area contributed by atoms with Gasteiger partial charge in [-0.3, -0.25) is 4.18 Å². The maximum absolute atomic E-state index is 11.9. The molecule has 1 atom stereocenters. The van der Waals surface area contributed by atoms with Crippen molar-refractivity contribution in [1.82, 2.24) is 0 Å². The van der Waals surface area contributed by atoms with Gasteiger partial charge in [-0.15, -0.1) is 0 Å². The molecule has 0 spiro atoms. The summed E-state index contributed by atoms with van der Waals surface area (Å²) in [6.07, 6.45) is 2.16. The fraction of sp³-hybridized carbons (Fsp3) is 0.458. The lowest BCUT2D eigenvalue weighted by Crippen LogP contribution is -2.34. The summed E-state index contributed by atoms with van der Waals surface area (Å²) in [5.74, 6) is -1.49. The van der Waals surface area contributed by atoms with Crippen LogP contribution in [0.3, 0.4) is 0 Å². The van der Waals surface area contributed by atoms with Crippen molar-refractivity contribution in [1.29, 1.82) is 0 Å². The predicted octanol–water partition coefficient (Wildman–Crippen LogP) is 4.54. The van der Waals surface area contributed by atoms with Crippen LogP contribution in [0.15, 0.2) is 36.4 Å². The van der Waals surface area contributed by atoms with E-state index in [2.05, 4.69) is 27.7 Å². The van der Waals surface area contributed by atoms with Crippen molar-refractivity contribution in [3.05, 3.63) is 58.7 Å². The SMILES string of the molecule is CC1(C)CCC(C)(C)c2cc(C(COc3ccc(C(=O)O)c(O)c3)OS(C)(=O)=O)ccc21. The first-order chi connectivity index (χ1) is 14.7. The van der Waals surface area contributed by atoms with Crippen LogP contribution in [0, 0.1) is 0 Å². The van der Waals surface area contributed by atoms with E-state index in [0.717, 1.165) is 24.7 Å². The summed E-state index contributed by atoms with van der Waals surface area (Å²) in [6, 6.07) is 9.71. The summed E-state index contributed by atoms with van der Waals surface area (Å²) < 4.78 is 34.9. The van der Waals surface area contributed by atoms with Gasteiger partial charge < -0.3 is 14.9 Å². The molecule has 32 heavy (non-hydrogen) atoms. The van der Waals surface area contributed by atoms with Crippen LogP contribution < -0.4 is 4.74 Å². The van der Waals surface area contributed by atoms with Gasteiger partial charge in [-0.05, 0) is 52.5 Å². The van der Waals surface area contributed by atoms with E-state index in [-0.39, 0.29) is 28.7 Å². The number of aromatic carboxylic acids is 1. The molecule has 8 heteroatoms. The van der Waals surface area contributed by atoms with Crippen molar-refractivity contribution in [2.24, 2.45) is 0 Å². The molecule has 0 saturated carbocycles. The molecular formula is C24H30O7S. The molecular weight excluding hydrogens is 432 g/mol. The van der Waals surface area contributed by atoms with Crippen LogP contribution >= 0.6 is 0 Å². The Balaban J connectivity index is 1.93. The van der Waals surface area contributed by atoms with Crippen molar-refractivity contribution in [3.63, 3.8) is 0 Å². The van der Waals surface area contributed by atoms with Gasteiger partial charge >= 0.3 is 5.97 Å². The molecule has 7 nitrogen and oxygen atoms in total. The number of phenols is 1. The van der Waals surface area contributed by atoms with Crippen LogP contribution in [-0.4, -0.2) is 37.5 Å². The Kier molecular flexibility index (Phi) is 6.32. The second-order valence-corrected chi connectivity index (χ2v) is 11.3. The van der Waals surface area contributed by atoms with Crippen LogP contribution in [0.2, 0.25) is 0 Å². The van der Waals surface area contributed by atoms with Crippen LogP contribution in [-0.2, 0) is 25.1 Å². The molecule has 3 rings (SSSR count). The van der Waals surface area contributed by atoms with Crippen LogP contribution in [0.5, 0.6) is 11.5 Å². The molecule has 1 unspecified atom stereocenters. The van der Waals surface area contributed by atoms with Gasteiger partial charge in [-0.1, -0.05) is 45.9 Å². The van der Waals surface area contributed by atoms with Crippen molar-refractivity contribution in [2.45, 2.75) is 57.5 Å². The average molecular weight is 463 g/mol. The molecule has 0 bridgehead atoms. The van der Waals surface area contributed by atoms with E-state index in [1.807, 2.05) is 18.2 Å². The van der Waals surface area contributed by atoms with Gasteiger partial charge in [0.25, 0.3) is 10.1 Å². The number of fused-ring (bicyclic) bond motifs is 1. The number of hydrogen-bond donors (Lipinski definition) is 2. The van der Waals surface area contributed by atoms with Crippen LogP contribution in [0.4, 0.5) is 0 Å². The Morgan fingerprint density at radius 1 is 1.03 bits per heavy atom. The van der Waals surface area contributed by atoms with E-state index in [1.165, 1.54) is 23.8 Å². The second-order valence-electron chi connectivity index (χ2n) is 9.66. The monoisotopic (exact) mass is 462 g/mol. The second kappa shape index (κ2) is 8.41. The Morgan fingerprint density at radius 3 is 2.22 bits per heavy atom. The number of aromatic hydroxyl groups is 1. The first-order valence-corrected chi connectivity index (χ1v) is 12.2. The lowest BCUT2D eigenvalue weighted by atomic mass is 9.63. The minimum absolute atomic E-state index is 0.0243. The number of rotatable bonds is 7. The van der Waals surface area contributed by atoms with E-state index in [1.54, 1.807) is 0 Å². The molecule has 2 aromatic carbocycles. The van der Waals surface area contributed by atoms with E-state index in [9.17, 15) is 18.3 Å². The summed E-state index contributed by atoms with van der Waals surface area (Å²) in [7, 11) is -3.78. The first kappa shape index (κ1) is 24.1. The summed E-state index contributed by atoms with van der Waals surface area (Å²) in [5, 5.41) is 18.9. The topological polar surface area (TPSA) is 110 Å². The molecule has 2 aromatic rings. The minimum atomic E-state index is -3.78. The summed E-state index contributed by atoms with van der Waals surface area (Å²) in [4.78, 5) is 11.1. The van der Waals surface area contributed by atoms with E-state index in [4.69, 9.17) is 14.0 Å². The quantitative estimate of drug-likeness (QED) is 0.582. The smallest absolute Gasteiger partial charge is 0.339 e. The third-order valence-electron chi connectivity index (χ3n) is 6.14. The Labute approximate surface area is 189 Å². The van der Waals surface area contributed by atoms with E-state index in [0.29, 0.717) is 5.56 Å². The molecule has 2 N–H and O–H groups in total. The normalized spacial score (nSPS) is 17.9. The zero-order valence-electron chi connectivity index (χ0n) is 19.0. The molecule has 174 valence electrons. The van der Waals surface area contributed by atoms with Crippen molar-refractivity contribution < 1.29 is 32.3 Å². The van der Waals surface area contributed by atoms with Gasteiger partial charge in [0.1, 0.15) is 29.8 Å². The predicted molar refractivity (Wildman–Crippen MR) is 121 cm³/mol. The number of hydrogen-bond acceptors (Lipinski definition) is 6. The molecule has 0 saturated heterocycles. The van der Waals surface area contributed by atoms with Gasteiger partial charge in [-0.25, -0.2) is 4.79 Å². The maximum atomic E-state index is 11.9. The Bertz CT molecular complexity index is 1130. The van der Waals surface area contributed by atoms with Crippen molar-refractivity contribution >= 4 is 16.1 Å². The number of benzene rings is 2. The fourth-order valence-electron chi connectivity index (χ4n) is 4.15. The van der Waals surface area contributed by atoms with Gasteiger partial charge in [-0.2, -0.15) is 8.42 Å². The first-order valence-electron chi connectivity index (χ1n) is 10.4. The number of carboxylic acids is 1.